The number of aromatic carboxylic acids is 1. The largest absolute Gasteiger partial charge is 0.478 e. The number of carbonyl (C=O) groups is 1. The lowest BCUT2D eigenvalue weighted by Gasteiger charge is -2.24. The summed E-state index contributed by atoms with van der Waals surface area (Å²) in [5.41, 5.74) is 1.31. The van der Waals surface area contributed by atoms with Gasteiger partial charge in [-0.2, -0.15) is 0 Å². The highest BCUT2D eigenvalue weighted by atomic mass is 16.4. The molecule has 0 amide bonds. The second-order valence-corrected chi connectivity index (χ2v) is 4.61. The van der Waals surface area contributed by atoms with Gasteiger partial charge in [-0.1, -0.05) is 37.1 Å². The number of carboxylic acid groups (broad SMARTS) is 1. The molecule has 3 nitrogen and oxygen atoms in total. The monoisotopic (exact) mass is 267 g/mol. The number of hydrogen-bond donors (Lipinski definition) is 1. The molecule has 0 saturated heterocycles. The summed E-state index contributed by atoms with van der Waals surface area (Å²) in [6, 6.07) is 11.0. The molecule has 0 saturated carbocycles. The van der Waals surface area contributed by atoms with Gasteiger partial charge in [0.15, 0.2) is 0 Å². The number of anilines is 1. The summed E-state index contributed by atoms with van der Waals surface area (Å²) in [7, 11) is 0. The van der Waals surface area contributed by atoms with E-state index in [4.69, 9.17) is 6.42 Å². The predicted octanol–water partition coefficient (Wildman–Crippen LogP) is 3.39. The third-order valence-electron chi connectivity index (χ3n) is 3.25. The molecule has 2 aromatic carbocycles. The van der Waals surface area contributed by atoms with Gasteiger partial charge in [-0.25, -0.2) is 4.79 Å². The van der Waals surface area contributed by atoms with E-state index in [1.165, 1.54) is 0 Å². The van der Waals surface area contributed by atoms with E-state index in [0.29, 0.717) is 12.1 Å². The first-order chi connectivity index (χ1) is 9.69. The number of fused-ring (bicyclic) bond motifs is 1. The number of benzene rings is 2. The van der Waals surface area contributed by atoms with Gasteiger partial charge in [0.25, 0.3) is 0 Å². The molecule has 20 heavy (non-hydrogen) atoms. The Kier molecular flexibility index (Phi) is 4.27. The minimum atomic E-state index is -0.910. The molecule has 3 heteroatoms. The number of nitrogens with zero attached hydrogens (tertiary/aromatic N) is 1. The quantitative estimate of drug-likeness (QED) is 0.844. The summed E-state index contributed by atoms with van der Waals surface area (Å²) in [6.07, 6.45) is 6.42. The Balaban J connectivity index is 2.63. The van der Waals surface area contributed by atoms with Crippen LogP contribution in [-0.2, 0) is 0 Å². The zero-order chi connectivity index (χ0) is 14.5. The molecular weight excluding hydrogens is 250 g/mol. The Morgan fingerprint density at radius 2 is 1.95 bits per heavy atom. The van der Waals surface area contributed by atoms with E-state index in [2.05, 4.69) is 17.7 Å². The van der Waals surface area contributed by atoms with E-state index in [1.54, 1.807) is 6.07 Å². The summed E-state index contributed by atoms with van der Waals surface area (Å²) in [6.45, 7) is 3.46. The average molecular weight is 267 g/mol. The van der Waals surface area contributed by atoms with Crippen molar-refractivity contribution in [3.05, 3.63) is 42.0 Å². The first kappa shape index (κ1) is 14.0. The van der Waals surface area contributed by atoms with Crippen molar-refractivity contribution in [2.45, 2.75) is 13.3 Å². The van der Waals surface area contributed by atoms with Gasteiger partial charge >= 0.3 is 5.97 Å². The van der Waals surface area contributed by atoms with Crippen molar-refractivity contribution < 1.29 is 9.90 Å². The predicted molar refractivity (Wildman–Crippen MR) is 82.2 cm³/mol. The van der Waals surface area contributed by atoms with Crippen molar-refractivity contribution in [1.29, 1.82) is 0 Å². The minimum Gasteiger partial charge on any atom is -0.478 e. The summed E-state index contributed by atoms with van der Waals surface area (Å²) in [4.78, 5) is 13.4. The van der Waals surface area contributed by atoms with Gasteiger partial charge in [-0.3, -0.25) is 0 Å². The molecule has 0 fully saturated rings. The Bertz CT molecular complexity index is 670. The Morgan fingerprint density at radius 3 is 2.55 bits per heavy atom. The average Bonchev–Trinajstić information content (AvgIpc) is 2.45. The van der Waals surface area contributed by atoms with Crippen LogP contribution in [0.4, 0.5) is 5.69 Å². The molecular formula is C17H17NO2. The molecule has 0 heterocycles. The van der Waals surface area contributed by atoms with Crippen LogP contribution in [0.2, 0.25) is 0 Å². The summed E-state index contributed by atoms with van der Waals surface area (Å²) < 4.78 is 0. The fraction of sp³-hybridized carbons (Fsp3) is 0.235. The van der Waals surface area contributed by atoms with E-state index in [1.807, 2.05) is 30.3 Å². The van der Waals surface area contributed by atoms with Crippen molar-refractivity contribution in [1.82, 2.24) is 0 Å². The standard InChI is InChI=1S/C17H17NO2/c1-3-11-18(12-4-2)16-10-9-15(17(19)20)13-7-5-6-8-14(13)16/h1,5-10H,4,11-12H2,2H3,(H,19,20). The van der Waals surface area contributed by atoms with Crippen LogP contribution < -0.4 is 4.90 Å². The second kappa shape index (κ2) is 6.12. The van der Waals surface area contributed by atoms with Crippen molar-refractivity contribution >= 4 is 22.4 Å². The van der Waals surface area contributed by atoms with E-state index in [9.17, 15) is 9.90 Å². The third kappa shape index (κ3) is 2.60. The molecule has 1 N–H and O–H groups in total. The van der Waals surface area contributed by atoms with Crippen molar-refractivity contribution in [3.8, 4) is 12.3 Å². The van der Waals surface area contributed by atoms with Crippen LogP contribution in [0.5, 0.6) is 0 Å². The molecule has 0 atom stereocenters. The highest BCUT2D eigenvalue weighted by Crippen LogP contribution is 2.29. The first-order valence-electron chi connectivity index (χ1n) is 6.62. The van der Waals surface area contributed by atoms with Crippen LogP contribution in [0.15, 0.2) is 36.4 Å². The minimum absolute atomic E-state index is 0.321. The second-order valence-electron chi connectivity index (χ2n) is 4.61. The Labute approximate surface area is 118 Å². The van der Waals surface area contributed by atoms with E-state index < -0.39 is 5.97 Å². The number of carboxylic acids is 1. The first-order valence-corrected chi connectivity index (χ1v) is 6.62. The SMILES string of the molecule is C#CCN(CCC)c1ccc(C(=O)O)c2ccccc12. The van der Waals surface area contributed by atoms with Gasteiger partial charge < -0.3 is 10.0 Å². The van der Waals surface area contributed by atoms with Gasteiger partial charge in [0.05, 0.1) is 12.1 Å². The smallest absolute Gasteiger partial charge is 0.336 e. The van der Waals surface area contributed by atoms with Gasteiger partial charge in [0.1, 0.15) is 0 Å². The van der Waals surface area contributed by atoms with Gasteiger partial charge in [0, 0.05) is 17.6 Å². The molecule has 0 spiro atoms. The topological polar surface area (TPSA) is 40.5 Å². The molecule has 0 aliphatic rings. The molecule has 0 radical (unpaired) electrons. The summed E-state index contributed by atoms with van der Waals surface area (Å²) >= 11 is 0. The Hall–Kier alpha value is -2.47. The lowest BCUT2D eigenvalue weighted by atomic mass is 10.0. The zero-order valence-corrected chi connectivity index (χ0v) is 11.5. The number of rotatable bonds is 5. The van der Waals surface area contributed by atoms with Gasteiger partial charge in [-0.15, -0.1) is 6.42 Å². The van der Waals surface area contributed by atoms with Crippen LogP contribution in [0, 0.1) is 12.3 Å². The molecule has 0 aliphatic heterocycles. The molecule has 2 aromatic rings. The van der Waals surface area contributed by atoms with Crippen molar-refractivity contribution in [3.63, 3.8) is 0 Å². The molecule has 0 bridgehead atoms. The fourth-order valence-corrected chi connectivity index (χ4v) is 2.41. The van der Waals surface area contributed by atoms with E-state index in [0.717, 1.165) is 29.4 Å². The fourth-order valence-electron chi connectivity index (χ4n) is 2.41. The third-order valence-corrected chi connectivity index (χ3v) is 3.25. The van der Waals surface area contributed by atoms with E-state index in [-0.39, 0.29) is 0 Å². The van der Waals surface area contributed by atoms with Crippen LogP contribution in [0.1, 0.15) is 23.7 Å². The number of terminal acetylenes is 1. The molecule has 0 aliphatic carbocycles. The normalized spacial score (nSPS) is 10.2. The molecule has 0 aromatic heterocycles. The van der Waals surface area contributed by atoms with E-state index >= 15 is 0 Å². The number of hydrogen-bond acceptors (Lipinski definition) is 2. The van der Waals surface area contributed by atoms with Crippen LogP contribution in [-0.4, -0.2) is 24.2 Å². The molecule has 0 unspecified atom stereocenters. The highest BCUT2D eigenvalue weighted by molar-refractivity contribution is 6.07. The molecule has 102 valence electrons. The highest BCUT2D eigenvalue weighted by Gasteiger charge is 2.14. The maximum Gasteiger partial charge on any atom is 0.336 e. The lowest BCUT2D eigenvalue weighted by molar-refractivity contribution is 0.0699. The van der Waals surface area contributed by atoms with Crippen LogP contribution in [0.25, 0.3) is 10.8 Å². The van der Waals surface area contributed by atoms with Crippen LogP contribution >= 0.6 is 0 Å². The lowest BCUT2D eigenvalue weighted by Crippen LogP contribution is -2.24. The maximum atomic E-state index is 11.3. The molecule has 2 rings (SSSR count). The van der Waals surface area contributed by atoms with Crippen LogP contribution in [0.3, 0.4) is 0 Å². The van der Waals surface area contributed by atoms with Gasteiger partial charge in [-0.05, 0) is 23.9 Å². The Morgan fingerprint density at radius 1 is 1.25 bits per heavy atom. The van der Waals surface area contributed by atoms with Crippen molar-refractivity contribution in [2.75, 3.05) is 18.0 Å². The summed E-state index contributed by atoms with van der Waals surface area (Å²) in [5.74, 6) is 1.75. The van der Waals surface area contributed by atoms with Gasteiger partial charge in [0.2, 0.25) is 0 Å². The maximum absolute atomic E-state index is 11.3. The zero-order valence-electron chi connectivity index (χ0n) is 11.5. The van der Waals surface area contributed by atoms with Crippen molar-refractivity contribution in [2.24, 2.45) is 0 Å². The summed E-state index contributed by atoms with van der Waals surface area (Å²) in [5, 5.41) is 10.9.